The minimum Gasteiger partial charge on any atom is -0.392 e. The number of carbonyl (C=O) groups excluding carboxylic acids is 1. The van der Waals surface area contributed by atoms with E-state index in [0.29, 0.717) is 24.6 Å². The quantitative estimate of drug-likeness (QED) is 0.328. The number of anilines is 2. The van der Waals surface area contributed by atoms with Gasteiger partial charge in [-0.05, 0) is 72.8 Å². The molecule has 3 aromatic heterocycles. The van der Waals surface area contributed by atoms with Gasteiger partial charge in [-0.15, -0.1) is 0 Å². The lowest BCUT2D eigenvalue weighted by Gasteiger charge is -2.33. The van der Waals surface area contributed by atoms with Crippen LogP contribution in [0.15, 0.2) is 78.7 Å². The van der Waals surface area contributed by atoms with Crippen LogP contribution < -0.4 is 9.80 Å². The van der Waals surface area contributed by atoms with Crippen LogP contribution in [0.1, 0.15) is 18.4 Å². The molecule has 0 spiro atoms. The van der Waals surface area contributed by atoms with Gasteiger partial charge in [0.05, 0.1) is 48.5 Å². The molecule has 2 aliphatic heterocycles. The number of fused-ring (bicyclic) bond motifs is 2. The average Bonchev–Trinajstić information content (AvgIpc) is 3.86. The third kappa shape index (κ3) is 5.24. The summed E-state index contributed by atoms with van der Waals surface area (Å²) in [5.41, 5.74) is 8.14. The number of amides is 1. The number of benzene rings is 1. The Labute approximate surface area is 262 Å². The normalized spacial score (nSPS) is 22.4. The van der Waals surface area contributed by atoms with Crippen LogP contribution in [-0.2, 0) is 16.1 Å². The molecular formula is C36H38N6O3. The molecule has 0 radical (unpaired) electrons. The van der Waals surface area contributed by atoms with Crippen molar-refractivity contribution in [2.75, 3.05) is 56.2 Å². The number of aromatic nitrogens is 3. The number of carbonyl (C=O) groups is 1. The van der Waals surface area contributed by atoms with E-state index in [4.69, 9.17) is 9.72 Å². The van der Waals surface area contributed by atoms with E-state index in [1.165, 1.54) is 18.4 Å². The lowest BCUT2D eigenvalue weighted by Crippen LogP contribution is -2.44. The van der Waals surface area contributed by atoms with E-state index in [0.717, 1.165) is 71.1 Å². The first-order valence-electron chi connectivity index (χ1n) is 16.0. The van der Waals surface area contributed by atoms with Crippen molar-refractivity contribution >= 4 is 28.3 Å². The van der Waals surface area contributed by atoms with Gasteiger partial charge in [-0.1, -0.05) is 30.4 Å². The van der Waals surface area contributed by atoms with Crippen LogP contribution in [-0.4, -0.2) is 83.3 Å². The highest BCUT2D eigenvalue weighted by molar-refractivity contribution is 6.01. The van der Waals surface area contributed by atoms with Gasteiger partial charge in [-0.25, -0.2) is 4.98 Å². The Hall–Kier alpha value is -4.31. The molecule has 1 aromatic carbocycles. The van der Waals surface area contributed by atoms with Crippen LogP contribution >= 0.6 is 0 Å². The van der Waals surface area contributed by atoms with E-state index in [2.05, 4.69) is 57.2 Å². The van der Waals surface area contributed by atoms with Crippen molar-refractivity contribution in [3.8, 4) is 22.5 Å². The van der Waals surface area contributed by atoms with Gasteiger partial charge in [-0.2, -0.15) is 0 Å². The molecule has 2 atom stereocenters. The van der Waals surface area contributed by atoms with Gasteiger partial charge in [0.2, 0.25) is 5.91 Å². The SMILES string of the molecule is CN1CCN(c2ccc(-c3cc4c(-c5cccc(N6CCOC7C=C(C8CC8)C=CC7C6=O)c5CO)ccnc4[nH]3)nc2)CC1. The summed E-state index contributed by atoms with van der Waals surface area (Å²) in [6, 6.07) is 14.1. The molecule has 45 heavy (non-hydrogen) atoms. The number of likely N-dealkylation sites (N-methyl/N-ethyl adjacent to an activating group) is 1. The average molecular weight is 603 g/mol. The molecule has 2 saturated heterocycles. The van der Waals surface area contributed by atoms with Crippen LogP contribution in [0.2, 0.25) is 0 Å². The van der Waals surface area contributed by atoms with E-state index < -0.39 is 0 Å². The second-order valence-electron chi connectivity index (χ2n) is 12.6. The minimum atomic E-state index is -0.375. The number of H-pyrrole nitrogens is 1. The highest BCUT2D eigenvalue weighted by Gasteiger charge is 2.38. The van der Waals surface area contributed by atoms with Crippen molar-refractivity contribution in [2.45, 2.75) is 25.6 Å². The van der Waals surface area contributed by atoms with Gasteiger partial charge in [0.25, 0.3) is 0 Å². The summed E-state index contributed by atoms with van der Waals surface area (Å²) in [4.78, 5) is 33.3. The van der Waals surface area contributed by atoms with Gasteiger partial charge >= 0.3 is 0 Å². The van der Waals surface area contributed by atoms with E-state index in [-0.39, 0.29) is 24.5 Å². The van der Waals surface area contributed by atoms with E-state index >= 15 is 0 Å². The van der Waals surface area contributed by atoms with Crippen LogP contribution in [0.4, 0.5) is 11.4 Å². The Morgan fingerprint density at radius 2 is 1.89 bits per heavy atom. The number of hydrogen-bond donors (Lipinski definition) is 2. The Balaban J connectivity index is 1.11. The highest BCUT2D eigenvalue weighted by atomic mass is 16.5. The monoisotopic (exact) mass is 602 g/mol. The third-order valence-corrected chi connectivity index (χ3v) is 9.75. The highest BCUT2D eigenvalue weighted by Crippen LogP contribution is 2.41. The van der Waals surface area contributed by atoms with Crippen LogP contribution in [0.25, 0.3) is 33.5 Å². The summed E-state index contributed by atoms with van der Waals surface area (Å²) in [7, 11) is 2.16. The number of rotatable bonds is 6. The molecule has 230 valence electrons. The number of nitrogens with one attached hydrogen (secondary N) is 1. The van der Waals surface area contributed by atoms with Gasteiger partial charge < -0.3 is 29.5 Å². The first-order chi connectivity index (χ1) is 22.1. The number of aliphatic hydroxyl groups excluding tert-OH is 1. The van der Waals surface area contributed by atoms with Crippen molar-refractivity contribution < 1.29 is 14.6 Å². The Morgan fingerprint density at radius 3 is 2.67 bits per heavy atom. The van der Waals surface area contributed by atoms with Crippen LogP contribution in [0, 0.1) is 11.8 Å². The molecule has 1 saturated carbocycles. The number of aromatic amines is 1. The second kappa shape index (κ2) is 11.6. The fourth-order valence-electron chi connectivity index (χ4n) is 6.99. The number of allylic oxidation sites excluding steroid dienone is 2. The maximum absolute atomic E-state index is 14.0. The number of pyridine rings is 2. The predicted octanol–water partition coefficient (Wildman–Crippen LogP) is 4.79. The Bertz CT molecular complexity index is 1800. The zero-order valence-corrected chi connectivity index (χ0v) is 25.5. The zero-order valence-electron chi connectivity index (χ0n) is 25.5. The fourth-order valence-corrected chi connectivity index (χ4v) is 6.99. The van der Waals surface area contributed by atoms with Crippen molar-refractivity contribution in [3.05, 3.63) is 84.2 Å². The summed E-state index contributed by atoms with van der Waals surface area (Å²) in [6.45, 7) is 4.75. The molecule has 9 heteroatoms. The van der Waals surface area contributed by atoms with E-state index in [1.54, 1.807) is 11.1 Å². The van der Waals surface area contributed by atoms with E-state index in [9.17, 15) is 9.90 Å². The topological polar surface area (TPSA) is 97.8 Å². The molecule has 0 bridgehead atoms. The van der Waals surface area contributed by atoms with Gasteiger partial charge in [-0.3, -0.25) is 9.78 Å². The number of hydrogen-bond acceptors (Lipinski definition) is 7. The summed E-state index contributed by atoms with van der Waals surface area (Å²) < 4.78 is 6.20. The predicted molar refractivity (Wildman–Crippen MR) is 176 cm³/mol. The minimum absolute atomic E-state index is 0.00148. The first-order valence-corrected chi connectivity index (χ1v) is 16.0. The van der Waals surface area contributed by atoms with Crippen LogP contribution in [0.5, 0.6) is 0 Å². The number of piperazine rings is 1. The number of nitrogens with zero attached hydrogens (tertiary/aromatic N) is 5. The molecule has 2 unspecified atom stereocenters. The summed E-state index contributed by atoms with van der Waals surface area (Å²) in [6.07, 6.45) is 12.2. The smallest absolute Gasteiger partial charge is 0.236 e. The zero-order chi connectivity index (χ0) is 30.5. The van der Waals surface area contributed by atoms with Gasteiger partial charge in [0.1, 0.15) is 5.65 Å². The molecule has 9 nitrogen and oxygen atoms in total. The standard InChI is InChI=1S/C36H38N6O3/c1-40-13-15-41(16-14-40)25-8-10-31(38-21-25)32-20-29-27(11-12-37-35(29)39-32)26-3-2-4-33(30(26)22-43)42-17-18-45-34-19-24(23-5-6-23)7-9-28(34)36(42)44/h2-4,7-12,19-21,23,28,34,43H,5-6,13-18,22H2,1H3,(H,37,39). The molecular weight excluding hydrogens is 564 g/mol. The molecule has 4 aromatic rings. The first kappa shape index (κ1) is 28.2. The van der Waals surface area contributed by atoms with Gasteiger partial charge in [0, 0.05) is 55.6 Å². The molecule has 8 rings (SSSR count). The maximum atomic E-state index is 14.0. The second-order valence-corrected chi connectivity index (χ2v) is 12.6. The Morgan fingerprint density at radius 1 is 1.02 bits per heavy atom. The van der Waals surface area contributed by atoms with Crippen molar-refractivity contribution in [2.24, 2.45) is 11.8 Å². The van der Waals surface area contributed by atoms with E-state index in [1.807, 2.05) is 36.5 Å². The summed E-state index contributed by atoms with van der Waals surface area (Å²) >= 11 is 0. The third-order valence-electron chi connectivity index (χ3n) is 9.75. The summed E-state index contributed by atoms with van der Waals surface area (Å²) in [5, 5.41) is 11.7. The number of aliphatic hydroxyl groups is 1. The van der Waals surface area contributed by atoms with Crippen molar-refractivity contribution in [3.63, 3.8) is 0 Å². The maximum Gasteiger partial charge on any atom is 0.236 e. The van der Waals surface area contributed by atoms with Gasteiger partial charge in [0.15, 0.2) is 0 Å². The number of ether oxygens (including phenoxy) is 1. The molecule has 2 N–H and O–H groups in total. The molecule has 4 aliphatic rings. The molecule has 5 heterocycles. The summed E-state index contributed by atoms with van der Waals surface area (Å²) in [5.74, 6) is 0.239. The Kier molecular flexibility index (Phi) is 7.24. The van der Waals surface area contributed by atoms with Crippen molar-refractivity contribution in [1.29, 1.82) is 0 Å². The van der Waals surface area contributed by atoms with Crippen LogP contribution in [0.3, 0.4) is 0 Å². The largest absolute Gasteiger partial charge is 0.392 e. The fraction of sp³-hybridized carbons (Fsp3) is 0.361. The molecule has 2 aliphatic carbocycles. The van der Waals surface area contributed by atoms with Crippen molar-refractivity contribution in [1.82, 2.24) is 19.9 Å². The lowest BCUT2D eigenvalue weighted by molar-refractivity contribution is -0.122. The molecule has 3 fully saturated rings. The lowest BCUT2D eigenvalue weighted by atomic mass is 9.90. The molecule has 1 amide bonds.